The lowest BCUT2D eigenvalue weighted by molar-refractivity contribution is -0.138. The maximum Gasteiger partial charge on any atom is 0.303 e. The molecule has 1 saturated carbocycles. The van der Waals surface area contributed by atoms with Gasteiger partial charge < -0.3 is 10.0 Å². The van der Waals surface area contributed by atoms with E-state index in [1.54, 1.807) is 0 Å². The lowest BCUT2D eigenvalue weighted by Gasteiger charge is -2.46. The van der Waals surface area contributed by atoms with Crippen molar-refractivity contribution in [3.63, 3.8) is 0 Å². The average molecular weight is 345 g/mol. The highest BCUT2D eigenvalue weighted by Crippen LogP contribution is 2.47. The first-order chi connectivity index (χ1) is 12.0. The van der Waals surface area contributed by atoms with Crippen molar-refractivity contribution in [1.82, 2.24) is 9.88 Å². The molecule has 0 bridgehead atoms. The molecule has 2 aliphatic rings. The SMILES string of the molecule is CN(C)c1ccc(CN2CCC3(CCC(CC(=O)O)CC3)CC2)cn1. The van der Waals surface area contributed by atoms with Gasteiger partial charge in [0.05, 0.1) is 0 Å². The summed E-state index contributed by atoms with van der Waals surface area (Å²) >= 11 is 0. The third-order valence-corrected chi connectivity index (χ3v) is 6.22. The van der Waals surface area contributed by atoms with Crippen LogP contribution >= 0.6 is 0 Å². The lowest BCUT2D eigenvalue weighted by Crippen LogP contribution is -2.41. The normalized spacial score (nSPS) is 21.4. The second kappa shape index (κ2) is 7.73. The van der Waals surface area contributed by atoms with Crippen molar-refractivity contribution < 1.29 is 9.90 Å². The first-order valence-corrected chi connectivity index (χ1v) is 9.52. The predicted octanol–water partition coefficient (Wildman–Crippen LogP) is 3.39. The summed E-state index contributed by atoms with van der Waals surface area (Å²) in [6.07, 6.45) is 9.52. The summed E-state index contributed by atoms with van der Waals surface area (Å²) in [5.74, 6) is 0.770. The first-order valence-electron chi connectivity index (χ1n) is 9.52. The van der Waals surface area contributed by atoms with E-state index in [0.717, 1.165) is 38.3 Å². The van der Waals surface area contributed by atoms with Gasteiger partial charge in [0.1, 0.15) is 5.82 Å². The molecule has 2 heterocycles. The minimum atomic E-state index is -0.635. The number of pyridine rings is 1. The van der Waals surface area contributed by atoms with Gasteiger partial charge in [-0.2, -0.15) is 0 Å². The molecule has 1 aromatic heterocycles. The van der Waals surface area contributed by atoms with E-state index >= 15 is 0 Å². The molecule has 2 fully saturated rings. The number of anilines is 1. The monoisotopic (exact) mass is 345 g/mol. The molecule has 1 aliphatic heterocycles. The minimum absolute atomic E-state index is 0.359. The van der Waals surface area contributed by atoms with E-state index in [4.69, 9.17) is 5.11 Å². The molecule has 1 spiro atoms. The fourth-order valence-electron chi connectivity index (χ4n) is 4.46. The Kier molecular flexibility index (Phi) is 5.62. The van der Waals surface area contributed by atoms with E-state index in [9.17, 15) is 4.79 Å². The highest BCUT2D eigenvalue weighted by atomic mass is 16.4. The fourth-order valence-corrected chi connectivity index (χ4v) is 4.46. The van der Waals surface area contributed by atoms with Crippen LogP contribution < -0.4 is 4.90 Å². The number of rotatable bonds is 5. The number of piperidine rings is 1. The molecule has 5 nitrogen and oxygen atoms in total. The van der Waals surface area contributed by atoms with Crippen LogP contribution in [0.2, 0.25) is 0 Å². The van der Waals surface area contributed by atoms with E-state index in [1.165, 1.54) is 31.2 Å². The maximum absolute atomic E-state index is 10.9. The van der Waals surface area contributed by atoms with Crippen LogP contribution in [-0.4, -0.2) is 48.1 Å². The van der Waals surface area contributed by atoms with E-state index < -0.39 is 5.97 Å². The van der Waals surface area contributed by atoms with Crippen molar-refractivity contribution in [2.24, 2.45) is 11.3 Å². The molecule has 0 unspecified atom stereocenters. The number of hydrogen-bond acceptors (Lipinski definition) is 4. The highest BCUT2D eigenvalue weighted by Gasteiger charge is 2.38. The summed E-state index contributed by atoms with van der Waals surface area (Å²) in [5, 5.41) is 8.98. The standard InChI is InChI=1S/C20H31N3O2/c1-22(2)18-4-3-17(14-21-18)15-23-11-9-20(10-12-23)7-5-16(6-8-20)13-19(24)25/h3-4,14,16H,5-13,15H2,1-2H3,(H,24,25). The van der Waals surface area contributed by atoms with Crippen LogP contribution in [0, 0.1) is 11.3 Å². The quantitative estimate of drug-likeness (QED) is 0.886. The third kappa shape index (κ3) is 4.72. The molecule has 0 aromatic carbocycles. The molecule has 0 atom stereocenters. The number of aromatic nitrogens is 1. The van der Waals surface area contributed by atoms with Gasteiger partial charge in [0.25, 0.3) is 0 Å². The third-order valence-electron chi connectivity index (χ3n) is 6.22. The summed E-state index contributed by atoms with van der Waals surface area (Å²) in [6.45, 7) is 3.29. The molecule has 138 valence electrons. The van der Waals surface area contributed by atoms with Crippen molar-refractivity contribution in [2.75, 3.05) is 32.1 Å². The smallest absolute Gasteiger partial charge is 0.303 e. The van der Waals surface area contributed by atoms with Crippen molar-refractivity contribution >= 4 is 11.8 Å². The van der Waals surface area contributed by atoms with Crippen molar-refractivity contribution in [2.45, 2.75) is 51.5 Å². The van der Waals surface area contributed by atoms with Gasteiger partial charge in [-0.15, -0.1) is 0 Å². The number of carbonyl (C=O) groups is 1. The van der Waals surface area contributed by atoms with Crippen LogP contribution in [0.5, 0.6) is 0 Å². The molecule has 5 heteroatoms. The number of carboxylic acid groups (broad SMARTS) is 1. The minimum Gasteiger partial charge on any atom is -0.481 e. The zero-order valence-electron chi connectivity index (χ0n) is 15.6. The highest BCUT2D eigenvalue weighted by molar-refractivity contribution is 5.67. The van der Waals surface area contributed by atoms with Gasteiger partial charge in [-0.25, -0.2) is 4.98 Å². The van der Waals surface area contributed by atoms with Gasteiger partial charge in [0.15, 0.2) is 0 Å². The van der Waals surface area contributed by atoms with Crippen LogP contribution in [0.3, 0.4) is 0 Å². The molecule has 0 radical (unpaired) electrons. The van der Waals surface area contributed by atoms with Gasteiger partial charge >= 0.3 is 5.97 Å². The summed E-state index contributed by atoms with van der Waals surface area (Å²) in [7, 11) is 4.02. The summed E-state index contributed by atoms with van der Waals surface area (Å²) in [6, 6.07) is 4.27. The lowest BCUT2D eigenvalue weighted by atomic mass is 9.65. The molecule has 1 saturated heterocycles. The second-order valence-electron chi connectivity index (χ2n) is 8.24. The zero-order valence-corrected chi connectivity index (χ0v) is 15.6. The average Bonchev–Trinajstić information content (AvgIpc) is 2.59. The molecular formula is C20H31N3O2. The summed E-state index contributed by atoms with van der Waals surface area (Å²) in [4.78, 5) is 20.0. The van der Waals surface area contributed by atoms with Crippen molar-refractivity contribution in [3.8, 4) is 0 Å². The van der Waals surface area contributed by atoms with Gasteiger partial charge in [-0.1, -0.05) is 6.07 Å². The Morgan fingerprint density at radius 3 is 2.44 bits per heavy atom. The molecule has 1 N–H and O–H groups in total. The largest absolute Gasteiger partial charge is 0.481 e. The van der Waals surface area contributed by atoms with E-state index in [-0.39, 0.29) is 0 Å². The van der Waals surface area contributed by atoms with Crippen LogP contribution in [0.4, 0.5) is 5.82 Å². The topological polar surface area (TPSA) is 56.7 Å². The first kappa shape index (κ1) is 18.2. The van der Waals surface area contributed by atoms with Crippen molar-refractivity contribution in [1.29, 1.82) is 0 Å². The van der Waals surface area contributed by atoms with Gasteiger partial charge in [-0.3, -0.25) is 9.69 Å². The van der Waals surface area contributed by atoms with Crippen molar-refractivity contribution in [3.05, 3.63) is 23.9 Å². The van der Waals surface area contributed by atoms with Crippen LogP contribution in [0.25, 0.3) is 0 Å². The molecule has 1 aliphatic carbocycles. The fraction of sp³-hybridized carbons (Fsp3) is 0.700. The molecule has 3 rings (SSSR count). The Balaban J connectivity index is 1.46. The maximum atomic E-state index is 10.9. The Bertz CT molecular complexity index is 567. The number of nitrogens with zero attached hydrogens (tertiary/aromatic N) is 3. The van der Waals surface area contributed by atoms with Gasteiger partial charge in [0, 0.05) is 33.3 Å². The summed E-state index contributed by atoms with van der Waals surface area (Å²) < 4.78 is 0. The van der Waals surface area contributed by atoms with Gasteiger partial charge in [0.2, 0.25) is 0 Å². The predicted molar refractivity (Wildman–Crippen MR) is 99.7 cm³/mol. The molecular weight excluding hydrogens is 314 g/mol. The Labute approximate surface area is 151 Å². The summed E-state index contributed by atoms with van der Waals surface area (Å²) in [5.41, 5.74) is 1.77. The number of hydrogen-bond donors (Lipinski definition) is 1. The van der Waals surface area contributed by atoms with Crippen LogP contribution in [0.1, 0.15) is 50.5 Å². The zero-order chi connectivity index (χ0) is 17.9. The Hall–Kier alpha value is -1.62. The van der Waals surface area contributed by atoms with E-state index in [2.05, 4.69) is 22.0 Å². The molecule has 1 aromatic rings. The Morgan fingerprint density at radius 2 is 1.92 bits per heavy atom. The molecule has 0 amide bonds. The number of aliphatic carboxylic acids is 1. The van der Waals surface area contributed by atoms with Crippen LogP contribution in [-0.2, 0) is 11.3 Å². The van der Waals surface area contributed by atoms with E-state index in [0.29, 0.717) is 17.8 Å². The van der Waals surface area contributed by atoms with Crippen LogP contribution in [0.15, 0.2) is 18.3 Å². The number of carboxylic acids is 1. The van der Waals surface area contributed by atoms with Gasteiger partial charge in [-0.05, 0) is 74.6 Å². The Morgan fingerprint density at radius 1 is 1.24 bits per heavy atom. The van der Waals surface area contributed by atoms with E-state index in [1.807, 2.05) is 25.2 Å². The number of likely N-dealkylation sites (tertiary alicyclic amines) is 1. The molecule has 25 heavy (non-hydrogen) atoms. The second-order valence-corrected chi connectivity index (χ2v) is 8.24.